The Bertz CT molecular complexity index is 420. The van der Waals surface area contributed by atoms with Gasteiger partial charge in [-0.2, -0.15) is 0 Å². The van der Waals surface area contributed by atoms with E-state index >= 15 is 0 Å². The Morgan fingerprint density at radius 3 is 2.75 bits per heavy atom. The number of benzene rings is 1. The summed E-state index contributed by atoms with van der Waals surface area (Å²) < 4.78 is 26.0. The largest absolute Gasteiger partial charge is 0.351 e. The van der Waals surface area contributed by atoms with Gasteiger partial charge in [-0.3, -0.25) is 4.79 Å². The van der Waals surface area contributed by atoms with Crippen LogP contribution in [-0.2, 0) is 11.2 Å². The van der Waals surface area contributed by atoms with Crippen molar-refractivity contribution in [2.24, 2.45) is 0 Å². The van der Waals surface area contributed by atoms with Gasteiger partial charge in [-0.1, -0.05) is 30.3 Å². The first kappa shape index (κ1) is 12.6. The molecule has 86 valence electrons. The quantitative estimate of drug-likeness (QED) is 0.867. The fourth-order valence-corrected chi connectivity index (χ4v) is 1.18. The average molecular weight is 246 g/mol. The zero-order valence-corrected chi connectivity index (χ0v) is 9.15. The topological polar surface area (TPSA) is 29.1 Å². The lowest BCUT2D eigenvalue weighted by atomic mass is 10.1. The fourth-order valence-electron chi connectivity index (χ4n) is 1.11. The molecule has 16 heavy (non-hydrogen) atoms. The van der Waals surface area contributed by atoms with Crippen molar-refractivity contribution in [1.82, 2.24) is 5.32 Å². The maximum absolute atomic E-state index is 13.2. The summed E-state index contributed by atoms with van der Waals surface area (Å²) in [7, 11) is 0. The van der Waals surface area contributed by atoms with Gasteiger partial charge in [0.1, 0.15) is 0 Å². The van der Waals surface area contributed by atoms with Crippen molar-refractivity contribution < 1.29 is 13.6 Å². The van der Waals surface area contributed by atoms with Crippen LogP contribution in [0.4, 0.5) is 8.78 Å². The van der Waals surface area contributed by atoms with Crippen LogP contribution in [0.5, 0.6) is 0 Å². The summed E-state index contributed by atoms with van der Waals surface area (Å²) in [6, 6.07) is 3.70. The molecule has 0 saturated heterocycles. The number of carbonyl (C=O) groups excluding carboxylic acids is 1. The third kappa shape index (κ3) is 3.62. The van der Waals surface area contributed by atoms with Crippen LogP contribution in [0.15, 0.2) is 29.8 Å². The van der Waals surface area contributed by atoms with Crippen LogP contribution in [0.3, 0.4) is 0 Å². The molecule has 0 unspecified atom stereocenters. The molecule has 0 aromatic heterocycles. The molecule has 1 aromatic carbocycles. The molecule has 5 heteroatoms. The van der Waals surface area contributed by atoms with E-state index in [1.165, 1.54) is 12.1 Å². The highest BCUT2D eigenvalue weighted by Crippen LogP contribution is 2.11. The zero-order chi connectivity index (χ0) is 12.1. The Balaban J connectivity index is 2.63. The Morgan fingerprint density at radius 2 is 2.12 bits per heavy atom. The number of carbonyl (C=O) groups is 1. The normalized spacial score (nSPS) is 9.94. The van der Waals surface area contributed by atoms with Gasteiger partial charge in [0.2, 0.25) is 5.91 Å². The molecule has 1 N–H and O–H groups in total. The van der Waals surface area contributed by atoms with Gasteiger partial charge in [0.05, 0.1) is 13.0 Å². The second kappa shape index (κ2) is 5.61. The molecular weight excluding hydrogens is 236 g/mol. The first-order valence-electron chi connectivity index (χ1n) is 4.53. The number of hydrogen-bond acceptors (Lipinski definition) is 1. The monoisotopic (exact) mass is 245 g/mol. The smallest absolute Gasteiger partial charge is 0.224 e. The highest BCUT2D eigenvalue weighted by Gasteiger charge is 2.11. The maximum Gasteiger partial charge on any atom is 0.224 e. The second-order valence-electron chi connectivity index (χ2n) is 3.18. The minimum atomic E-state index is -0.998. The molecular formula is C11H10ClF2NO. The summed E-state index contributed by atoms with van der Waals surface area (Å²) in [5, 5.41) is 2.69. The standard InChI is InChI=1S/C11H10ClF2NO/c1-7(12)6-15-10(16)5-8-3-2-4-9(13)11(8)14/h2-4H,1,5-6H2,(H,15,16). The lowest BCUT2D eigenvalue weighted by molar-refractivity contribution is -0.120. The first-order chi connectivity index (χ1) is 7.50. The van der Waals surface area contributed by atoms with Gasteiger partial charge in [0.25, 0.3) is 0 Å². The van der Waals surface area contributed by atoms with Crippen LogP contribution >= 0.6 is 11.6 Å². The van der Waals surface area contributed by atoms with Crippen molar-refractivity contribution in [3.8, 4) is 0 Å². The average Bonchev–Trinajstić information content (AvgIpc) is 2.22. The SMILES string of the molecule is C=C(Cl)CNC(=O)Cc1cccc(F)c1F. The van der Waals surface area contributed by atoms with E-state index in [4.69, 9.17) is 11.6 Å². The van der Waals surface area contributed by atoms with Gasteiger partial charge in [-0.05, 0) is 6.07 Å². The fraction of sp³-hybridized carbons (Fsp3) is 0.182. The van der Waals surface area contributed by atoms with E-state index < -0.39 is 17.5 Å². The highest BCUT2D eigenvalue weighted by atomic mass is 35.5. The Kier molecular flexibility index (Phi) is 4.43. The van der Waals surface area contributed by atoms with Gasteiger partial charge in [-0.25, -0.2) is 8.78 Å². The van der Waals surface area contributed by atoms with Crippen LogP contribution in [0.2, 0.25) is 0 Å². The molecule has 0 spiro atoms. The molecule has 1 aromatic rings. The maximum atomic E-state index is 13.2. The minimum absolute atomic E-state index is 0.0117. The zero-order valence-electron chi connectivity index (χ0n) is 8.40. The molecule has 0 aliphatic heterocycles. The molecule has 0 atom stereocenters. The van der Waals surface area contributed by atoms with E-state index in [0.29, 0.717) is 0 Å². The van der Waals surface area contributed by atoms with E-state index in [1.807, 2.05) is 0 Å². The lowest BCUT2D eigenvalue weighted by Crippen LogP contribution is -2.26. The molecule has 0 bridgehead atoms. The van der Waals surface area contributed by atoms with Crippen molar-refractivity contribution in [3.63, 3.8) is 0 Å². The Hall–Kier alpha value is -1.42. The van der Waals surface area contributed by atoms with Crippen molar-refractivity contribution >= 4 is 17.5 Å². The van der Waals surface area contributed by atoms with Gasteiger partial charge < -0.3 is 5.32 Å². The van der Waals surface area contributed by atoms with Crippen LogP contribution in [-0.4, -0.2) is 12.5 Å². The van der Waals surface area contributed by atoms with Gasteiger partial charge in [0.15, 0.2) is 11.6 Å². The number of nitrogens with one attached hydrogen (secondary N) is 1. The molecule has 0 aliphatic carbocycles. The van der Waals surface area contributed by atoms with Crippen molar-refractivity contribution in [2.45, 2.75) is 6.42 Å². The third-order valence-electron chi connectivity index (χ3n) is 1.86. The van der Waals surface area contributed by atoms with Crippen LogP contribution in [0.25, 0.3) is 0 Å². The molecule has 2 nitrogen and oxygen atoms in total. The van der Waals surface area contributed by atoms with E-state index in [0.717, 1.165) is 6.07 Å². The van der Waals surface area contributed by atoms with E-state index in [-0.39, 0.29) is 23.6 Å². The van der Waals surface area contributed by atoms with Crippen molar-refractivity contribution in [1.29, 1.82) is 0 Å². The Labute approximate surface area is 96.9 Å². The van der Waals surface area contributed by atoms with E-state index in [2.05, 4.69) is 11.9 Å². The summed E-state index contributed by atoms with van der Waals surface area (Å²) in [6.45, 7) is 3.49. The minimum Gasteiger partial charge on any atom is -0.351 e. The predicted molar refractivity (Wildman–Crippen MR) is 58.1 cm³/mol. The lowest BCUT2D eigenvalue weighted by Gasteiger charge is -2.05. The van der Waals surface area contributed by atoms with E-state index in [1.54, 1.807) is 0 Å². The van der Waals surface area contributed by atoms with Gasteiger partial charge in [-0.15, -0.1) is 0 Å². The van der Waals surface area contributed by atoms with Crippen molar-refractivity contribution in [3.05, 3.63) is 47.0 Å². The molecule has 0 fully saturated rings. The van der Waals surface area contributed by atoms with Gasteiger partial charge >= 0.3 is 0 Å². The summed E-state index contributed by atoms with van der Waals surface area (Å²) in [4.78, 5) is 11.3. The first-order valence-corrected chi connectivity index (χ1v) is 4.91. The highest BCUT2D eigenvalue weighted by molar-refractivity contribution is 6.29. The van der Waals surface area contributed by atoms with E-state index in [9.17, 15) is 13.6 Å². The molecule has 0 saturated carbocycles. The molecule has 1 amide bonds. The van der Waals surface area contributed by atoms with Crippen LogP contribution in [0.1, 0.15) is 5.56 Å². The molecule has 1 rings (SSSR count). The van der Waals surface area contributed by atoms with Crippen LogP contribution < -0.4 is 5.32 Å². The van der Waals surface area contributed by atoms with Gasteiger partial charge in [0, 0.05) is 10.6 Å². The summed E-state index contributed by atoms with van der Waals surface area (Å²) in [5.41, 5.74) is 0.0117. The van der Waals surface area contributed by atoms with Crippen LogP contribution in [0, 0.1) is 11.6 Å². The summed E-state index contributed by atoms with van der Waals surface area (Å²) in [6.07, 6.45) is -0.228. The molecule has 0 heterocycles. The Morgan fingerprint density at radius 1 is 1.44 bits per heavy atom. The number of halogens is 3. The predicted octanol–water partition coefficient (Wildman–Crippen LogP) is 2.38. The molecule has 0 radical (unpaired) electrons. The summed E-state index contributed by atoms with van der Waals surface area (Å²) in [5.74, 6) is -2.40. The number of rotatable bonds is 4. The summed E-state index contributed by atoms with van der Waals surface area (Å²) >= 11 is 5.44. The number of hydrogen-bond donors (Lipinski definition) is 1. The number of amides is 1. The van der Waals surface area contributed by atoms with Crippen molar-refractivity contribution in [2.75, 3.05) is 6.54 Å². The second-order valence-corrected chi connectivity index (χ2v) is 3.72. The third-order valence-corrected chi connectivity index (χ3v) is 1.99. The molecule has 0 aliphatic rings.